The minimum absolute atomic E-state index is 0.117. The monoisotopic (exact) mass is 541 g/mol. The Bertz CT molecular complexity index is 963. The van der Waals surface area contributed by atoms with E-state index in [2.05, 4.69) is 39.5 Å². The van der Waals surface area contributed by atoms with Gasteiger partial charge in [-0.15, -0.1) is 0 Å². The Kier molecular flexibility index (Phi) is 7.66. The summed E-state index contributed by atoms with van der Waals surface area (Å²) in [5, 5.41) is 0. The van der Waals surface area contributed by atoms with Crippen LogP contribution in [0.1, 0.15) is 112 Å². The van der Waals surface area contributed by atoms with Crippen LogP contribution in [0, 0.1) is 40.9 Å². The summed E-state index contributed by atoms with van der Waals surface area (Å²) in [7, 11) is 1.91. The number of rotatable bonds is 4. The smallest absolute Gasteiger partial charge is 0.410 e. The average Bonchev–Trinajstić information content (AvgIpc) is 3.38. The number of hydrogen-bond donors (Lipinski definition) is 0. The van der Waals surface area contributed by atoms with E-state index in [1.807, 2.05) is 7.11 Å². The summed E-state index contributed by atoms with van der Waals surface area (Å²) in [5.41, 5.74) is 3.76. The molecule has 1 amide bonds. The van der Waals surface area contributed by atoms with Gasteiger partial charge < -0.3 is 19.1 Å². The first-order valence-electron chi connectivity index (χ1n) is 16.5. The second-order valence-corrected chi connectivity index (χ2v) is 15.0. The van der Waals surface area contributed by atoms with Crippen LogP contribution in [0.4, 0.5) is 4.79 Å². The van der Waals surface area contributed by atoms with E-state index in [1.54, 1.807) is 11.1 Å². The highest BCUT2D eigenvalue weighted by molar-refractivity contribution is 5.68. The molecule has 3 saturated carbocycles. The van der Waals surface area contributed by atoms with Crippen molar-refractivity contribution in [2.75, 3.05) is 20.3 Å². The van der Waals surface area contributed by atoms with Crippen molar-refractivity contribution < 1.29 is 19.0 Å². The van der Waals surface area contributed by atoms with Crippen molar-refractivity contribution in [2.45, 2.75) is 136 Å². The van der Waals surface area contributed by atoms with Crippen molar-refractivity contribution in [1.82, 2.24) is 4.90 Å². The summed E-state index contributed by atoms with van der Waals surface area (Å²) in [4.78, 5) is 15.3. The Balaban J connectivity index is 1.22. The molecule has 1 spiro atoms. The Morgan fingerprint density at radius 3 is 2.72 bits per heavy atom. The van der Waals surface area contributed by atoms with Crippen molar-refractivity contribution in [1.29, 1.82) is 0 Å². The molecule has 0 aromatic heterocycles. The number of unbranched alkanes of at least 4 members (excludes halogenated alkanes) is 1. The fraction of sp³-hybridized carbons (Fsp3) is 0.912. The Hall–Kier alpha value is -1.07. The van der Waals surface area contributed by atoms with E-state index < -0.39 is 0 Å². The fourth-order valence-electron chi connectivity index (χ4n) is 10.8. The number of methoxy groups -OCH3 is 1. The molecule has 2 heterocycles. The summed E-state index contributed by atoms with van der Waals surface area (Å²) in [5.74, 6) is 4.03. The van der Waals surface area contributed by atoms with Gasteiger partial charge in [0.2, 0.25) is 0 Å². The third kappa shape index (κ3) is 4.60. The molecular formula is C34H55NO4. The van der Waals surface area contributed by atoms with Crippen molar-refractivity contribution in [3.63, 3.8) is 0 Å². The molecule has 0 aromatic rings. The van der Waals surface area contributed by atoms with Crippen molar-refractivity contribution in [3.05, 3.63) is 11.1 Å². The van der Waals surface area contributed by atoms with E-state index in [-0.39, 0.29) is 23.8 Å². The lowest BCUT2D eigenvalue weighted by atomic mass is 9.52. The highest BCUT2D eigenvalue weighted by Crippen LogP contribution is 2.65. The predicted molar refractivity (Wildman–Crippen MR) is 154 cm³/mol. The number of carbonyl (C=O) groups excluding carboxylic acids is 1. The highest BCUT2D eigenvalue weighted by atomic mass is 16.6. The molecule has 0 radical (unpaired) electrons. The van der Waals surface area contributed by atoms with Crippen LogP contribution in [0.25, 0.3) is 0 Å². The summed E-state index contributed by atoms with van der Waals surface area (Å²) >= 11 is 0. The Morgan fingerprint density at radius 2 is 1.95 bits per heavy atom. The van der Waals surface area contributed by atoms with Crippen LogP contribution in [-0.4, -0.2) is 55.1 Å². The topological polar surface area (TPSA) is 48.0 Å². The maximum absolute atomic E-state index is 13.2. The largest absolute Gasteiger partial charge is 0.449 e. The zero-order valence-electron chi connectivity index (χ0n) is 25.7. The molecule has 0 unspecified atom stereocenters. The van der Waals surface area contributed by atoms with Gasteiger partial charge in [-0.1, -0.05) is 45.3 Å². The number of hydrogen-bond acceptors (Lipinski definition) is 4. The van der Waals surface area contributed by atoms with Gasteiger partial charge in [0.15, 0.2) is 0 Å². The SMILES string of the molecule is CCCCOC(=O)N1C[C@@H](C)C[C@H]2O[C@]3(CC[C@@H]4C(=C(C)C3)C[C@H]3[C@H]4CC[C@@H]4C[C@@H](OC)CC[C@@]43C)[C@H](C)[C@@H]21. The van der Waals surface area contributed by atoms with E-state index in [9.17, 15) is 4.79 Å². The van der Waals surface area contributed by atoms with Gasteiger partial charge in [-0.3, -0.25) is 0 Å². The van der Waals surface area contributed by atoms with Gasteiger partial charge in [-0.2, -0.15) is 0 Å². The molecule has 11 atom stereocenters. The molecule has 6 aliphatic rings. The Morgan fingerprint density at radius 1 is 1.13 bits per heavy atom. The number of likely N-dealkylation sites (tertiary alicyclic amines) is 1. The zero-order valence-corrected chi connectivity index (χ0v) is 25.7. The number of fused-ring (bicyclic) bond motifs is 6. The summed E-state index contributed by atoms with van der Waals surface area (Å²) < 4.78 is 18.7. The average molecular weight is 542 g/mol. The van der Waals surface area contributed by atoms with E-state index in [4.69, 9.17) is 14.2 Å². The van der Waals surface area contributed by atoms with E-state index >= 15 is 0 Å². The quantitative estimate of drug-likeness (QED) is 0.269. The molecule has 4 aliphatic carbocycles. The third-order valence-electron chi connectivity index (χ3n) is 13.0. The zero-order chi connectivity index (χ0) is 27.5. The molecule has 2 aliphatic heterocycles. The molecule has 5 fully saturated rings. The lowest BCUT2D eigenvalue weighted by molar-refractivity contribution is -0.0862. The standard InChI is InChI=1S/C34H55NO4/c1-7-8-15-38-32(36)35-20-21(2)16-30-31(35)23(4)34(39-30)14-12-26-27-10-9-24-17-25(37-6)11-13-33(24,5)29(27)18-28(26)22(3)19-34/h21,23-27,29-31H,7-20H2,1-6H3/t21-,23+,24+,25-,26-,27-,29-,30+,31-,33-,34-/m0/s1. The maximum Gasteiger partial charge on any atom is 0.410 e. The van der Waals surface area contributed by atoms with Gasteiger partial charge >= 0.3 is 6.09 Å². The highest BCUT2D eigenvalue weighted by Gasteiger charge is 2.61. The third-order valence-corrected chi connectivity index (χ3v) is 13.0. The molecule has 5 heteroatoms. The Labute approximate surface area is 237 Å². The number of piperidine rings is 1. The normalized spacial score (nSPS) is 47.3. The van der Waals surface area contributed by atoms with E-state index in [1.165, 1.54) is 44.9 Å². The predicted octanol–water partition coefficient (Wildman–Crippen LogP) is 7.78. The molecule has 6 rings (SSSR count). The summed E-state index contributed by atoms with van der Waals surface area (Å²) in [6, 6.07) is 0.143. The van der Waals surface area contributed by atoms with Gasteiger partial charge in [-0.05, 0) is 113 Å². The van der Waals surface area contributed by atoms with E-state index in [0.717, 1.165) is 62.3 Å². The van der Waals surface area contributed by atoms with Gasteiger partial charge in [0.1, 0.15) is 0 Å². The minimum Gasteiger partial charge on any atom is -0.449 e. The molecule has 2 saturated heterocycles. The summed E-state index contributed by atoms with van der Waals surface area (Å²) in [6.07, 6.45) is 14.9. The van der Waals surface area contributed by atoms with Gasteiger partial charge in [0.05, 0.1) is 30.5 Å². The summed E-state index contributed by atoms with van der Waals surface area (Å²) in [6.45, 7) is 13.2. The lowest BCUT2D eigenvalue weighted by Gasteiger charge is -2.54. The molecule has 0 aromatic carbocycles. The lowest BCUT2D eigenvalue weighted by Crippen LogP contribution is -2.54. The first kappa shape index (κ1) is 28.1. The second kappa shape index (κ2) is 10.6. The van der Waals surface area contributed by atoms with Gasteiger partial charge in [-0.25, -0.2) is 4.79 Å². The van der Waals surface area contributed by atoms with Crippen LogP contribution < -0.4 is 0 Å². The number of ether oxygens (including phenoxy) is 3. The molecular weight excluding hydrogens is 486 g/mol. The van der Waals surface area contributed by atoms with E-state index in [0.29, 0.717) is 30.0 Å². The number of allylic oxidation sites excluding steroid dienone is 1. The van der Waals surface area contributed by atoms with Crippen molar-refractivity contribution in [2.24, 2.45) is 40.9 Å². The minimum atomic E-state index is -0.143. The van der Waals surface area contributed by atoms with Crippen molar-refractivity contribution >= 4 is 6.09 Å². The van der Waals surface area contributed by atoms with Crippen LogP contribution in [0.15, 0.2) is 11.1 Å². The van der Waals surface area contributed by atoms with Crippen LogP contribution in [-0.2, 0) is 14.2 Å². The van der Waals surface area contributed by atoms with Crippen LogP contribution in [0.5, 0.6) is 0 Å². The number of nitrogens with zero attached hydrogens (tertiary/aromatic N) is 1. The van der Waals surface area contributed by atoms with Gasteiger partial charge in [0, 0.05) is 19.6 Å². The maximum atomic E-state index is 13.2. The molecule has 220 valence electrons. The molecule has 39 heavy (non-hydrogen) atoms. The first-order valence-corrected chi connectivity index (χ1v) is 16.5. The molecule has 0 N–H and O–H groups in total. The first-order chi connectivity index (χ1) is 18.7. The molecule has 5 nitrogen and oxygen atoms in total. The van der Waals surface area contributed by atoms with Crippen LogP contribution >= 0.6 is 0 Å². The van der Waals surface area contributed by atoms with Gasteiger partial charge in [0.25, 0.3) is 0 Å². The van der Waals surface area contributed by atoms with Crippen LogP contribution in [0.2, 0.25) is 0 Å². The molecule has 0 bridgehead atoms. The van der Waals surface area contributed by atoms with Crippen molar-refractivity contribution in [3.8, 4) is 0 Å². The second-order valence-electron chi connectivity index (χ2n) is 15.0. The fourth-order valence-corrected chi connectivity index (χ4v) is 10.8. The number of amides is 1. The van der Waals surface area contributed by atoms with Crippen LogP contribution in [0.3, 0.4) is 0 Å². The number of carbonyl (C=O) groups is 1.